The predicted octanol–water partition coefficient (Wildman–Crippen LogP) is 2.52. The summed E-state index contributed by atoms with van der Waals surface area (Å²) >= 11 is 0. The lowest BCUT2D eigenvalue weighted by atomic mass is 10.2. The Bertz CT molecular complexity index is 157. The molecule has 0 aromatic heterocycles. The summed E-state index contributed by atoms with van der Waals surface area (Å²) in [6.45, 7) is 7.31. The van der Waals surface area contributed by atoms with Crippen molar-refractivity contribution in [2.75, 3.05) is 6.54 Å². The molecule has 0 fully saturated rings. The van der Waals surface area contributed by atoms with Gasteiger partial charge < -0.3 is 0 Å². The highest BCUT2D eigenvalue weighted by atomic mass is 14.7. The van der Waals surface area contributed by atoms with Crippen molar-refractivity contribution >= 4 is 6.21 Å². The topological polar surface area (TPSA) is 12.4 Å². The van der Waals surface area contributed by atoms with Crippen molar-refractivity contribution in [1.29, 1.82) is 0 Å². The molecule has 0 rings (SSSR count). The zero-order valence-electron chi connectivity index (χ0n) is 7.72. The molecule has 0 bridgehead atoms. The van der Waals surface area contributed by atoms with Gasteiger partial charge in [-0.2, -0.15) is 0 Å². The number of hydrogen-bond acceptors (Lipinski definition) is 1. The summed E-state index contributed by atoms with van der Waals surface area (Å²) in [4.78, 5) is 4.14. The van der Waals surface area contributed by atoms with Gasteiger partial charge in [0.05, 0.1) is 6.21 Å². The third-order valence-electron chi connectivity index (χ3n) is 1.10. The monoisotopic (exact) mass is 151 g/mol. The molecule has 0 radical (unpaired) electrons. The first-order valence-electron chi connectivity index (χ1n) is 4.24. The van der Waals surface area contributed by atoms with Gasteiger partial charge in [0.2, 0.25) is 0 Å². The molecule has 0 amide bonds. The fourth-order valence-electron chi connectivity index (χ4n) is 0.552. The van der Waals surface area contributed by atoms with E-state index >= 15 is 0 Å². The summed E-state index contributed by atoms with van der Waals surface area (Å²) in [6.07, 6.45) is 3.83. The molecular formula is C10H17N. The van der Waals surface area contributed by atoms with E-state index in [0.29, 0.717) is 5.92 Å². The first-order chi connectivity index (χ1) is 5.27. The maximum atomic E-state index is 4.14. The van der Waals surface area contributed by atoms with E-state index in [9.17, 15) is 0 Å². The van der Waals surface area contributed by atoms with E-state index in [1.165, 1.54) is 0 Å². The van der Waals surface area contributed by atoms with E-state index in [1.54, 1.807) is 6.21 Å². The Morgan fingerprint density at radius 1 is 1.45 bits per heavy atom. The van der Waals surface area contributed by atoms with Crippen LogP contribution >= 0.6 is 0 Å². The Hall–Kier alpha value is -0.770. The van der Waals surface area contributed by atoms with E-state index in [2.05, 4.69) is 37.6 Å². The maximum Gasteiger partial charge on any atom is 0.0711 e. The minimum absolute atomic E-state index is 0.638. The number of aliphatic imine (C=N–C) groups is 1. The Labute approximate surface area is 69.9 Å². The normalized spacial score (nSPS) is 10.2. The van der Waals surface area contributed by atoms with Crippen LogP contribution in [0.2, 0.25) is 0 Å². The molecule has 0 atom stereocenters. The summed E-state index contributed by atoms with van der Waals surface area (Å²) < 4.78 is 0. The quantitative estimate of drug-likeness (QED) is 0.434. The Morgan fingerprint density at radius 3 is 2.73 bits per heavy atom. The second kappa shape index (κ2) is 7.34. The molecule has 1 nitrogen and oxygen atoms in total. The summed E-state index contributed by atoms with van der Waals surface area (Å²) in [6, 6.07) is 0. The van der Waals surface area contributed by atoms with Crippen molar-refractivity contribution in [1.82, 2.24) is 0 Å². The van der Waals surface area contributed by atoms with Crippen molar-refractivity contribution in [3.05, 3.63) is 0 Å². The third-order valence-corrected chi connectivity index (χ3v) is 1.10. The van der Waals surface area contributed by atoms with E-state index in [0.717, 1.165) is 19.4 Å². The van der Waals surface area contributed by atoms with Crippen molar-refractivity contribution in [3.63, 3.8) is 0 Å². The molecule has 0 saturated heterocycles. The standard InChI is InChI=1S/C10H17N/c1-4-5-6-7-8-11-9-10(2)3/h8,10H,4-5,9H2,1-3H3. The fraction of sp³-hybridized carbons (Fsp3) is 0.700. The molecule has 0 heterocycles. The van der Waals surface area contributed by atoms with Crippen molar-refractivity contribution in [3.8, 4) is 11.8 Å². The predicted molar refractivity (Wildman–Crippen MR) is 50.9 cm³/mol. The van der Waals surface area contributed by atoms with Crippen LogP contribution in [0.15, 0.2) is 4.99 Å². The van der Waals surface area contributed by atoms with Crippen LogP contribution in [-0.2, 0) is 0 Å². The van der Waals surface area contributed by atoms with Gasteiger partial charge in [0.1, 0.15) is 0 Å². The maximum absolute atomic E-state index is 4.14. The first-order valence-corrected chi connectivity index (χ1v) is 4.24. The molecule has 0 saturated carbocycles. The largest absolute Gasteiger partial charge is 0.284 e. The Kier molecular flexibility index (Phi) is 6.82. The van der Waals surface area contributed by atoms with Gasteiger partial charge in [-0.15, -0.1) is 0 Å². The lowest BCUT2D eigenvalue weighted by Gasteiger charge is -1.93. The van der Waals surface area contributed by atoms with Gasteiger partial charge in [-0.05, 0) is 12.3 Å². The van der Waals surface area contributed by atoms with Gasteiger partial charge in [-0.3, -0.25) is 4.99 Å². The number of unbranched alkanes of at least 4 members (excludes halogenated alkanes) is 1. The number of hydrogen-bond donors (Lipinski definition) is 0. The van der Waals surface area contributed by atoms with Gasteiger partial charge in [-0.25, -0.2) is 0 Å². The van der Waals surface area contributed by atoms with Crippen LogP contribution in [0.5, 0.6) is 0 Å². The van der Waals surface area contributed by atoms with Crippen LogP contribution in [0.4, 0.5) is 0 Å². The highest BCUT2D eigenvalue weighted by molar-refractivity contribution is 5.78. The van der Waals surface area contributed by atoms with Crippen molar-refractivity contribution in [2.24, 2.45) is 10.9 Å². The third kappa shape index (κ3) is 9.23. The molecule has 0 spiro atoms. The Morgan fingerprint density at radius 2 is 2.18 bits per heavy atom. The van der Waals surface area contributed by atoms with Crippen molar-refractivity contribution < 1.29 is 0 Å². The minimum atomic E-state index is 0.638. The van der Waals surface area contributed by atoms with E-state index in [1.807, 2.05) is 0 Å². The SMILES string of the molecule is CCCC#CC=NCC(C)C. The lowest BCUT2D eigenvalue weighted by molar-refractivity contribution is 0.667. The molecule has 0 aromatic rings. The molecule has 0 aliphatic heterocycles. The lowest BCUT2D eigenvalue weighted by Crippen LogP contribution is -1.90. The van der Waals surface area contributed by atoms with Crippen LogP contribution < -0.4 is 0 Å². The van der Waals surface area contributed by atoms with Crippen LogP contribution in [0.25, 0.3) is 0 Å². The van der Waals surface area contributed by atoms with E-state index in [-0.39, 0.29) is 0 Å². The summed E-state index contributed by atoms with van der Waals surface area (Å²) in [7, 11) is 0. The van der Waals surface area contributed by atoms with Gasteiger partial charge in [-0.1, -0.05) is 32.6 Å². The summed E-state index contributed by atoms with van der Waals surface area (Å²) in [5.41, 5.74) is 0. The van der Waals surface area contributed by atoms with E-state index in [4.69, 9.17) is 0 Å². The fourth-order valence-corrected chi connectivity index (χ4v) is 0.552. The molecular weight excluding hydrogens is 134 g/mol. The summed E-state index contributed by atoms with van der Waals surface area (Å²) in [5.74, 6) is 6.55. The number of rotatable bonds is 3. The smallest absolute Gasteiger partial charge is 0.0711 e. The average molecular weight is 151 g/mol. The molecule has 0 aliphatic carbocycles. The second-order valence-corrected chi connectivity index (χ2v) is 2.96. The zero-order chi connectivity index (χ0) is 8.53. The van der Waals surface area contributed by atoms with Crippen LogP contribution in [0.1, 0.15) is 33.6 Å². The first kappa shape index (κ1) is 10.2. The number of nitrogens with zero attached hydrogens (tertiary/aromatic N) is 1. The van der Waals surface area contributed by atoms with Gasteiger partial charge in [0.25, 0.3) is 0 Å². The molecule has 0 N–H and O–H groups in total. The highest BCUT2D eigenvalue weighted by Gasteiger charge is 1.85. The molecule has 62 valence electrons. The molecule has 1 heteroatoms. The molecule has 11 heavy (non-hydrogen) atoms. The molecule has 0 aliphatic rings. The zero-order valence-corrected chi connectivity index (χ0v) is 7.72. The highest BCUT2D eigenvalue weighted by Crippen LogP contribution is 1.89. The molecule has 0 unspecified atom stereocenters. The van der Waals surface area contributed by atoms with E-state index < -0.39 is 0 Å². The van der Waals surface area contributed by atoms with Gasteiger partial charge in [0.15, 0.2) is 0 Å². The van der Waals surface area contributed by atoms with Crippen LogP contribution in [0.3, 0.4) is 0 Å². The Balaban J connectivity index is 3.38. The summed E-state index contributed by atoms with van der Waals surface area (Å²) in [5, 5.41) is 0. The second-order valence-electron chi connectivity index (χ2n) is 2.96. The van der Waals surface area contributed by atoms with Crippen LogP contribution in [-0.4, -0.2) is 12.8 Å². The van der Waals surface area contributed by atoms with Crippen molar-refractivity contribution in [2.45, 2.75) is 33.6 Å². The van der Waals surface area contributed by atoms with Gasteiger partial charge >= 0.3 is 0 Å². The van der Waals surface area contributed by atoms with Crippen LogP contribution in [0, 0.1) is 17.8 Å². The average Bonchev–Trinajstić information content (AvgIpc) is 1.96. The molecule has 0 aromatic carbocycles. The minimum Gasteiger partial charge on any atom is -0.284 e. The van der Waals surface area contributed by atoms with Gasteiger partial charge in [0, 0.05) is 13.0 Å².